The van der Waals surface area contributed by atoms with Crippen molar-refractivity contribution in [3.8, 4) is 33.5 Å². The fraction of sp³-hybridized carbons (Fsp3) is 0.480. The van der Waals surface area contributed by atoms with Gasteiger partial charge < -0.3 is 39.9 Å². The van der Waals surface area contributed by atoms with Crippen LogP contribution in [-0.2, 0) is 25.0 Å². The van der Waals surface area contributed by atoms with E-state index in [0.717, 1.165) is 43.2 Å². The monoisotopic (exact) mass is 904 g/mol. The zero-order valence-electron chi connectivity index (χ0n) is 38.6. The van der Waals surface area contributed by atoms with Gasteiger partial charge in [-0.1, -0.05) is 65.0 Å². The number of alkyl carbamates (subject to hydrolysis) is 2. The Morgan fingerprint density at radius 1 is 0.833 bits per heavy atom. The summed E-state index contributed by atoms with van der Waals surface area (Å²) in [6, 6.07) is 13.5. The second kappa shape index (κ2) is 16.8. The average molecular weight is 905 g/mol. The van der Waals surface area contributed by atoms with Crippen LogP contribution in [-0.4, -0.2) is 92.6 Å². The van der Waals surface area contributed by atoms with E-state index >= 15 is 8.78 Å². The molecule has 0 radical (unpaired) electrons. The van der Waals surface area contributed by atoms with Crippen molar-refractivity contribution in [1.29, 1.82) is 0 Å². The zero-order chi connectivity index (χ0) is 47.0. The number of carbonyl (C=O) groups excluding carboxylic acids is 4. The number of aromatic nitrogens is 4. The van der Waals surface area contributed by atoms with Gasteiger partial charge in [-0.2, -0.15) is 8.78 Å². The van der Waals surface area contributed by atoms with E-state index in [1.165, 1.54) is 20.3 Å². The van der Waals surface area contributed by atoms with E-state index in [2.05, 4.69) is 32.5 Å². The normalized spacial score (nSPS) is 21.0. The van der Waals surface area contributed by atoms with Gasteiger partial charge in [-0.15, -0.1) is 0 Å². The predicted octanol–water partition coefficient (Wildman–Crippen LogP) is 9.24. The number of hydrogen-bond acceptors (Lipinski definition) is 8. The Labute approximate surface area is 382 Å². The van der Waals surface area contributed by atoms with Gasteiger partial charge in [-0.3, -0.25) is 9.59 Å². The average Bonchev–Trinajstić information content (AvgIpc) is 3.89. The maximum atomic E-state index is 16.7. The molecule has 4 N–H and O–H groups in total. The first kappa shape index (κ1) is 44.9. The molecule has 66 heavy (non-hydrogen) atoms. The van der Waals surface area contributed by atoms with Gasteiger partial charge in [0.15, 0.2) is 0 Å². The van der Waals surface area contributed by atoms with Crippen LogP contribution >= 0.6 is 0 Å². The highest BCUT2D eigenvalue weighted by atomic mass is 19.3. The van der Waals surface area contributed by atoms with E-state index in [4.69, 9.17) is 14.5 Å². The minimum Gasteiger partial charge on any atom is -0.453 e. The number of halogens is 2. The largest absolute Gasteiger partial charge is 0.453 e. The number of alkyl halides is 2. The number of rotatable bonds is 13. The molecule has 0 spiro atoms. The number of amides is 4. The fourth-order valence-corrected chi connectivity index (χ4v) is 10.3. The second-order valence-electron chi connectivity index (χ2n) is 19.7. The summed E-state index contributed by atoms with van der Waals surface area (Å²) in [6.07, 6.45) is 4.92. The number of imidazole rings is 2. The van der Waals surface area contributed by atoms with Crippen LogP contribution in [0.2, 0.25) is 0 Å². The molecule has 3 fully saturated rings. The van der Waals surface area contributed by atoms with Crippen molar-refractivity contribution in [2.75, 3.05) is 20.8 Å². The Hall–Kier alpha value is -6.32. The molecular weight excluding hydrogens is 847 g/mol. The summed E-state index contributed by atoms with van der Waals surface area (Å²) < 4.78 is 43.0. The Kier molecular flexibility index (Phi) is 11.4. The standard InChI is InChI=1S/C50H58F2N8O6/c1-25(2)40(57-47(63)65-7)45(61)59(24-49(6)17-18-49)27(5)43-53-23-39(56-43)30-11-15-34-33-14-10-28(20-35(33)50(51,52)36(34)21-30)29-12-16-37-38(22-29)55-44(54-37)42-31-9-13-32(19-31)60(42)46(62)41(26(3)4)58-48(64)66-8/h10-12,14-16,20-23,25-27,31-32,40-42H,9,13,17-19,24H2,1-8H3,(H,53,56)(H,54,55)(H,57,63)(H,58,64). The topological polar surface area (TPSA) is 175 Å². The number of fused-ring (bicyclic) bond motifs is 6. The van der Waals surface area contributed by atoms with Gasteiger partial charge in [0.25, 0.3) is 5.92 Å². The Morgan fingerprint density at radius 3 is 2.08 bits per heavy atom. The first-order chi connectivity index (χ1) is 31.4. The van der Waals surface area contributed by atoms with Crippen LogP contribution < -0.4 is 10.6 Å². The van der Waals surface area contributed by atoms with Crippen molar-refractivity contribution >= 4 is 35.0 Å². The molecular formula is C50H58F2N8O6. The number of likely N-dealkylation sites (tertiary alicyclic amines) is 1. The van der Waals surface area contributed by atoms with Gasteiger partial charge in [-0.25, -0.2) is 19.6 Å². The van der Waals surface area contributed by atoms with Gasteiger partial charge in [0.1, 0.15) is 23.7 Å². The minimum atomic E-state index is -3.30. The number of ether oxygens (including phenoxy) is 2. The second-order valence-corrected chi connectivity index (χ2v) is 19.7. The summed E-state index contributed by atoms with van der Waals surface area (Å²) in [5, 5.41) is 5.43. The lowest BCUT2D eigenvalue weighted by atomic mass is 9.95. The summed E-state index contributed by atoms with van der Waals surface area (Å²) in [5.41, 5.74) is 4.52. The third-order valence-electron chi connectivity index (χ3n) is 14.5. The summed E-state index contributed by atoms with van der Waals surface area (Å²) in [4.78, 5) is 72.6. The van der Waals surface area contributed by atoms with Gasteiger partial charge in [-0.05, 0) is 109 Å². The Balaban J connectivity index is 0.957. The number of H-pyrrole nitrogens is 2. The van der Waals surface area contributed by atoms with Crippen molar-refractivity contribution in [1.82, 2.24) is 40.4 Å². The number of benzene rings is 3. The number of nitrogens with one attached hydrogen (secondary N) is 4. The summed E-state index contributed by atoms with van der Waals surface area (Å²) >= 11 is 0. The number of hydrogen-bond donors (Lipinski definition) is 4. The predicted molar refractivity (Wildman–Crippen MR) is 244 cm³/mol. The minimum absolute atomic E-state index is 0.0430. The maximum Gasteiger partial charge on any atom is 0.407 e. The molecule has 4 aliphatic rings. The third-order valence-corrected chi connectivity index (χ3v) is 14.5. The molecule has 6 atom stereocenters. The van der Waals surface area contributed by atoms with Crippen molar-refractivity contribution in [2.45, 2.75) is 110 Å². The molecule has 348 valence electrons. The van der Waals surface area contributed by atoms with Gasteiger partial charge in [0.05, 0.1) is 49.2 Å². The Bertz CT molecular complexity index is 2720. The molecule has 1 aliphatic heterocycles. The van der Waals surface area contributed by atoms with Crippen LogP contribution in [0.3, 0.4) is 0 Å². The number of methoxy groups -OCH3 is 2. The lowest BCUT2D eigenvalue weighted by Crippen LogP contribution is -2.54. The summed E-state index contributed by atoms with van der Waals surface area (Å²) in [5.74, 6) is -2.70. The van der Waals surface area contributed by atoms with E-state index in [1.54, 1.807) is 35.4 Å². The molecule has 6 unspecified atom stereocenters. The molecule has 5 aromatic rings. The van der Waals surface area contributed by atoms with Crippen molar-refractivity contribution in [3.05, 3.63) is 83.6 Å². The van der Waals surface area contributed by atoms with E-state index in [9.17, 15) is 19.2 Å². The van der Waals surface area contributed by atoms with Crippen LogP contribution in [0.15, 0.2) is 60.8 Å². The molecule has 14 nitrogen and oxygen atoms in total. The third kappa shape index (κ3) is 7.95. The smallest absolute Gasteiger partial charge is 0.407 e. The molecule has 16 heteroatoms. The lowest BCUT2D eigenvalue weighted by molar-refractivity contribution is -0.139. The molecule has 4 amide bonds. The number of piperidine rings is 1. The summed E-state index contributed by atoms with van der Waals surface area (Å²) in [6.45, 7) is 12.0. The molecule has 2 aromatic heterocycles. The van der Waals surface area contributed by atoms with Crippen LogP contribution in [0.4, 0.5) is 18.4 Å². The fourth-order valence-electron chi connectivity index (χ4n) is 10.3. The number of carbonyl (C=O) groups is 4. The van der Waals surface area contributed by atoms with Crippen LogP contribution in [0, 0.1) is 23.2 Å². The highest BCUT2D eigenvalue weighted by Crippen LogP contribution is 2.54. The van der Waals surface area contributed by atoms with Gasteiger partial charge >= 0.3 is 12.2 Å². The van der Waals surface area contributed by atoms with Crippen molar-refractivity contribution < 1.29 is 37.4 Å². The highest BCUT2D eigenvalue weighted by molar-refractivity contribution is 5.89. The molecule has 9 rings (SSSR count). The number of nitrogens with zero attached hydrogens (tertiary/aromatic N) is 4. The first-order valence-corrected chi connectivity index (χ1v) is 23.0. The molecule has 3 aliphatic carbocycles. The van der Waals surface area contributed by atoms with Crippen LogP contribution in [0.5, 0.6) is 0 Å². The molecule has 2 saturated carbocycles. The quantitative estimate of drug-likeness (QED) is 0.0905. The van der Waals surface area contributed by atoms with Gasteiger partial charge in [0.2, 0.25) is 11.8 Å². The molecule has 3 aromatic carbocycles. The molecule has 3 heterocycles. The Morgan fingerprint density at radius 2 is 1.44 bits per heavy atom. The van der Waals surface area contributed by atoms with E-state index in [1.807, 2.05) is 63.8 Å². The SMILES string of the molecule is COC(=O)NC(C(=O)N(CC1(C)CC1)C(C)c1ncc(-c2ccc3c(c2)C(F)(F)c2cc(-c4ccc5nc(C6C7CCC(C7)N6C(=O)C(NC(=O)OC)C(C)C)[nH]c5c4)ccc2-3)[nH]1)C(C)C. The van der Waals surface area contributed by atoms with Crippen LogP contribution in [0.25, 0.3) is 44.5 Å². The van der Waals surface area contributed by atoms with Crippen LogP contribution in [0.1, 0.15) is 109 Å². The van der Waals surface area contributed by atoms with Crippen molar-refractivity contribution in [3.63, 3.8) is 0 Å². The highest BCUT2D eigenvalue weighted by Gasteiger charge is 2.52. The lowest BCUT2D eigenvalue weighted by Gasteiger charge is -2.37. The van der Waals surface area contributed by atoms with E-state index in [0.29, 0.717) is 51.7 Å². The van der Waals surface area contributed by atoms with Crippen molar-refractivity contribution in [2.24, 2.45) is 23.2 Å². The number of aromatic amines is 2. The maximum absolute atomic E-state index is 16.7. The van der Waals surface area contributed by atoms with Gasteiger partial charge in [0, 0.05) is 29.3 Å². The van der Waals surface area contributed by atoms with E-state index < -0.39 is 36.2 Å². The molecule has 2 bridgehead atoms. The zero-order valence-corrected chi connectivity index (χ0v) is 38.6. The molecule has 1 saturated heterocycles. The summed E-state index contributed by atoms with van der Waals surface area (Å²) in [7, 11) is 2.54. The first-order valence-electron chi connectivity index (χ1n) is 23.0. The van der Waals surface area contributed by atoms with E-state index in [-0.39, 0.29) is 58.2 Å².